The Labute approximate surface area is 136 Å². The van der Waals surface area contributed by atoms with E-state index in [1.807, 2.05) is 24.3 Å². The number of likely N-dealkylation sites (N-methyl/N-ethyl adjacent to an activating group) is 1. The van der Waals surface area contributed by atoms with Crippen LogP contribution in [-0.4, -0.2) is 32.0 Å². The molecule has 0 spiro atoms. The van der Waals surface area contributed by atoms with Gasteiger partial charge in [0.2, 0.25) is 0 Å². The molecule has 5 heteroatoms. The van der Waals surface area contributed by atoms with Crippen LogP contribution in [0.2, 0.25) is 0 Å². The van der Waals surface area contributed by atoms with Gasteiger partial charge in [0.25, 0.3) is 0 Å². The molecule has 0 aliphatic heterocycles. The van der Waals surface area contributed by atoms with Crippen LogP contribution in [-0.2, 0) is 11.2 Å². The molecule has 0 saturated heterocycles. The van der Waals surface area contributed by atoms with Gasteiger partial charge in [0.1, 0.15) is 11.4 Å². The summed E-state index contributed by atoms with van der Waals surface area (Å²) in [4.78, 5) is 25.9. The molecular formula is C18H24N2O3. The Hall–Kier alpha value is -2.14. The van der Waals surface area contributed by atoms with Crippen LogP contribution in [0.3, 0.4) is 0 Å². The summed E-state index contributed by atoms with van der Waals surface area (Å²) >= 11 is 0. The second-order valence-corrected chi connectivity index (χ2v) is 5.61. The van der Waals surface area contributed by atoms with Gasteiger partial charge in [0.15, 0.2) is 0 Å². The van der Waals surface area contributed by atoms with Gasteiger partial charge >= 0.3 is 5.63 Å². The highest BCUT2D eigenvalue weighted by Crippen LogP contribution is 2.22. The monoisotopic (exact) mass is 316 g/mol. The average Bonchev–Trinajstić information content (AvgIpc) is 2.53. The Morgan fingerprint density at radius 2 is 1.96 bits per heavy atom. The lowest BCUT2D eigenvalue weighted by Gasteiger charge is -2.21. The molecule has 0 amide bonds. The minimum Gasteiger partial charge on any atom is -0.422 e. The first-order valence-electron chi connectivity index (χ1n) is 7.99. The summed E-state index contributed by atoms with van der Waals surface area (Å²) in [7, 11) is 1.71. The SMILES string of the molecule is CCN(CC)c1ccc2cc(C[C@H](NC)C(C)=O)c(=O)oc2c1. The molecule has 2 aromatic rings. The number of ketones is 1. The lowest BCUT2D eigenvalue weighted by Crippen LogP contribution is -2.35. The number of nitrogens with one attached hydrogen (secondary N) is 1. The Morgan fingerprint density at radius 3 is 2.52 bits per heavy atom. The molecule has 0 aliphatic rings. The average molecular weight is 316 g/mol. The molecule has 0 radical (unpaired) electrons. The quantitative estimate of drug-likeness (QED) is 0.795. The summed E-state index contributed by atoms with van der Waals surface area (Å²) in [5.74, 6) is 0.00359. The van der Waals surface area contributed by atoms with Gasteiger partial charge in [-0.05, 0) is 46.0 Å². The number of rotatable bonds is 7. The van der Waals surface area contributed by atoms with Crippen molar-refractivity contribution in [1.82, 2.24) is 5.32 Å². The van der Waals surface area contributed by atoms with Gasteiger partial charge in [-0.15, -0.1) is 0 Å². The molecular weight excluding hydrogens is 292 g/mol. The predicted molar refractivity (Wildman–Crippen MR) is 93.3 cm³/mol. The second-order valence-electron chi connectivity index (χ2n) is 5.61. The van der Waals surface area contributed by atoms with Crippen molar-refractivity contribution >= 4 is 22.4 Å². The fourth-order valence-corrected chi connectivity index (χ4v) is 2.74. The molecule has 124 valence electrons. The van der Waals surface area contributed by atoms with Crippen molar-refractivity contribution in [3.63, 3.8) is 0 Å². The minimum atomic E-state index is -0.379. The van der Waals surface area contributed by atoms with E-state index in [4.69, 9.17) is 4.42 Å². The second kappa shape index (κ2) is 7.42. The van der Waals surface area contributed by atoms with Gasteiger partial charge in [-0.1, -0.05) is 0 Å². The number of carbonyl (C=O) groups excluding carboxylic acids is 1. The van der Waals surface area contributed by atoms with Gasteiger partial charge in [0, 0.05) is 42.2 Å². The number of hydrogen-bond acceptors (Lipinski definition) is 5. The fourth-order valence-electron chi connectivity index (χ4n) is 2.74. The van der Waals surface area contributed by atoms with Gasteiger partial charge in [-0.3, -0.25) is 4.79 Å². The lowest BCUT2D eigenvalue weighted by molar-refractivity contribution is -0.118. The van der Waals surface area contributed by atoms with Crippen LogP contribution in [0, 0.1) is 0 Å². The van der Waals surface area contributed by atoms with E-state index in [0.29, 0.717) is 17.6 Å². The third kappa shape index (κ3) is 3.79. The molecule has 1 heterocycles. The number of anilines is 1. The van der Waals surface area contributed by atoms with Crippen molar-refractivity contribution in [1.29, 1.82) is 0 Å². The molecule has 2 rings (SSSR count). The van der Waals surface area contributed by atoms with Gasteiger partial charge in [0.05, 0.1) is 6.04 Å². The topological polar surface area (TPSA) is 62.6 Å². The zero-order valence-corrected chi connectivity index (χ0v) is 14.2. The minimum absolute atomic E-state index is 0.00359. The molecule has 0 unspecified atom stereocenters. The largest absolute Gasteiger partial charge is 0.422 e. The fraction of sp³-hybridized carbons (Fsp3) is 0.444. The van der Waals surface area contributed by atoms with Gasteiger partial charge < -0.3 is 14.6 Å². The van der Waals surface area contributed by atoms with Crippen LogP contribution in [0.1, 0.15) is 26.3 Å². The molecule has 0 aliphatic carbocycles. The van der Waals surface area contributed by atoms with Crippen LogP contribution in [0.15, 0.2) is 33.5 Å². The van der Waals surface area contributed by atoms with Crippen molar-refractivity contribution in [3.8, 4) is 0 Å². The predicted octanol–water partition coefficient (Wildman–Crippen LogP) is 2.36. The molecule has 1 atom stereocenters. The number of Topliss-reactive ketones (excluding diaryl/α,β-unsaturated/α-hetero) is 1. The van der Waals surface area contributed by atoms with E-state index in [1.54, 1.807) is 7.05 Å². The smallest absolute Gasteiger partial charge is 0.339 e. The molecule has 23 heavy (non-hydrogen) atoms. The zero-order valence-electron chi connectivity index (χ0n) is 14.2. The Morgan fingerprint density at radius 1 is 1.26 bits per heavy atom. The number of hydrogen-bond donors (Lipinski definition) is 1. The molecule has 5 nitrogen and oxygen atoms in total. The molecule has 0 bridgehead atoms. The van der Waals surface area contributed by atoms with E-state index in [2.05, 4.69) is 24.1 Å². The van der Waals surface area contributed by atoms with Crippen molar-refractivity contribution in [2.45, 2.75) is 33.2 Å². The van der Waals surface area contributed by atoms with Crippen LogP contribution in [0.25, 0.3) is 11.0 Å². The lowest BCUT2D eigenvalue weighted by atomic mass is 10.0. The Balaban J connectivity index is 2.41. The van der Waals surface area contributed by atoms with Gasteiger partial charge in [-0.2, -0.15) is 0 Å². The first-order chi connectivity index (χ1) is 11.0. The maximum absolute atomic E-state index is 12.2. The van der Waals surface area contributed by atoms with E-state index in [9.17, 15) is 9.59 Å². The number of carbonyl (C=O) groups is 1. The summed E-state index contributed by atoms with van der Waals surface area (Å²) in [6.07, 6.45) is 0.335. The summed E-state index contributed by atoms with van der Waals surface area (Å²) in [5, 5.41) is 3.80. The van der Waals surface area contributed by atoms with E-state index < -0.39 is 0 Å². The van der Waals surface area contributed by atoms with Crippen LogP contribution >= 0.6 is 0 Å². The van der Waals surface area contributed by atoms with Crippen LogP contribution in [0.4, 0.5) is 5.69 Å². The third-order valence-electron chi connectivity index (χ3n) is 4.18. The number of benzene rings is 1. The highest BCUT2D eigenvalue weighted by Gasteiger charge is 2.16. The maximum atomic E-state index is 12.2. The third-order valence-corrected chi connectivity index (χ3v) is 4.18. The van der Waals surface area contributed by atoms with Crippen molar-refractivity contribution in [2.75, 3.05) is 25.0 Å². The van der Waals surface area contributed by atoms with Gasteiger partial charge in [-0.25, -0.2) is 4.79 Å². The molecule has 1 aromatic heterocycles. The number of fused-ring (bicyclic) bond motifs is 1. The maximum Gasteiger partial charge on any atom is 0.339 e. The highest BCUT2D eigenvalue weighted by atomic mass is 16.4. The molecule has 0 fully saturated rings. The van der Waals surface area contributed by atoms with Crippen molar-refractivity contribution in [2.24, 2.45) is 0 Å². The molecule has 1 N–H and O–H groups in total. The van der Waals surface area contributed by atoms with Crippen LogP contribution < -0.4 is 15.8 Å². The number of nitrogens with zero attached hydrogens (tertiary/aromatic N) is 1. The first kappa shape index (κ1) is 17.2. The normalized spacial score (nSPS) is 12.3. The standard InChI is InChI=1S/C18H24N2O3/c1-5-20(6-2)15-8-7-13-9-14(10-16(19-4)12(3)21)18(22)23-17(13)11-15/h7-9,11,16,19H,5-6,10H2,1-4H3/t16-/m0/s1. The Kier molecular flexibility index (Phi) is 5.55. The van der Waals surface area contributed by atoms with Crippen molar-refractivity contribution in [3.05, 3.63) is 40.2 Å². The van der Waals surface area contributed by atoms with E-state index in [1.165, 1.54) is 6.92 Å². The zero-order chi connectivity index (χ0) is 17.0. The van der Waals surface area contributed by atoms with E-state index >= 15 is 0 Å². The van der Waals surface area contributed by atoms with Crippen molar-refractivity contribution < 1.29 is 9.21 Å². The first-order valence-corrected chi connectivity index (χ1v) is 7.99. The molecule has 0 saturated carbocycles. The van der Waals surface area contributed by atoms with E-state index in [0.717, 1.165) is 24.2 Å². The van der Waals surface area contributed by atoms with Crippen LogP contribution in [0.5, 0.6) is 0 Å². The summed E-state index contributed by atoms with van der Waals surface area (Å²) in [6, 6.07) is 7.33. The summed E-state index contributed by atoms with van der Waals surface area (Å²) < 4.78 is 5.48. The molecule has 1 aromatic carbocycles. The summed E-state index contributed by atoms with van der Waals surface area (Å²) in [6.45, 7) is 7.49. The summed E-state index contributed by atoms with van der Waals surface area (Å²) in [5.41, 5.74) is 1.75. The van der Waals surface area contributed by atoms with E-state index in [-0.39, 0.29) is 17.5 Å². The Bertz CT molecular complexity index is 748. The highest BCUT2D eigenvalue weighted by molar-refractivity contribution is 5.83.